The van der Waals surface area contributed by atoms with Gasteiger partial charge in [0.05, 0.1) is 12.2 Å². The van der Waals surface area contributed by atoms with Crippen LogP contribution in [0.2, 0.25) is 0 Å². The molecule has 28 heavy (non-hydrogen) atoms. The summed E-state index contributed by atoms with van der Waals surface area (Å²) in [6.07, 6.45) is 0. The van der Waals surface area contributed by atoms with Gasteiger partial charge in [0.1, 0.15) is 5.75 Å². The second-order valence-electron chi connectivity index (χ2n) is 7.11. The topological polar surface area (TPSA) is 67.4 Å². The van der Waals surface area contributed by atoms with Crippen LogP contribution >= 0.6 is 0 Å². The van der Waals surface area contributed by atoms with Crippen LogP contribution in [0.1, 0.15) is 26.3 Å². The van der Waals surface area contributed by atoms with E-state index in [4.69, 9.17) is 4.74 Å². The summed E-state index contributed by atoms with van der Waals surface area (Å²) in [4.78, 5) is 23.5. The number of halogens is 3. The normalized spacial score (nSPS) is 11.1. The summed E-state index contributed by atoms with van der Waals surface area (Å²) in [5.41, 5.74) is 0.592. The summed E-state index contributed by atoms with van der Waals surface area (Å²) in [5, 5.41) is 4.34. The Morgan fingerprint density at radius 2 is 1.57 bits per heavy atom. The molecular weight excluding hydrogens is 373 g/mol. The summed E-state index contributed by atoms with van der Waals surface area (Å²) in [6.45, 7) is 5.43. The average molecular weight is 394 g/mol. The highest BCUT2D eigenvalue weighted by molar-refractivity contribution is 5.94. The minimum Gasteiger partial charge on any atom is -0.484 e. The largest absolute Gasteiger partial charge is 0.484 e. The van der Waals surface area contributed by atoms with Gasteiger partial charge in [-0.15, -0.1) is 0 Å². The highest BCUT2D eigenvalue weighted by atomic mass is 19.2. The molecular formula is C20H21F3N2O3. The minimum absolute atomic E-state index is 0.00379. The van der Waals surface area contributed by atoms with Crippen molar-refractivity contribution in [1.82, 2.24) is 5.32 Å². The molecule has 150 valence electrons. The monoisotopic (exact) mass is 394 g/mol. The number of anilines is 1. The number of carbonyl (C=O) groups excluding carboxylic acids is 2. The molecule has 2 amide bonds. The third kappa shape index (κ3) is 5.73. The summed E-state index contributed by atoms with van der Waals surface area (Å²) in [6, 6.07) is 8.86. The van der Waals surface area contributed by atoms with Gasteiger partial charge < -0.3 is 15.4 Å². The van der Waals surface area contributed by atoms with E-state index in [0.717, 1.165) is 11.6 Å². The van der Waals surface area contributed by atoms with Crippen LogP contribution in [0.3, 0.4) is 0 Å². The maximum absolute atomic E-state index is 13.5. The molecule has 0 fully saturated rings. The van der Waals surface area contributed by atoms with Crippen molar-refractivity contribution in [2.45, 2.75) is 26.2 Å². The van der Waals surface area contributed by atoms with E-state index < -0.39 is 41.5 Å². The Morgan fingerprint density at radius 1 is 0.929 bits per heavy atom. The molecule has 5 nitrogen and oxygen atoms in total. The van der Waals surface area contributed by atoms with Crippen LogP contribution in [0.25, 0.3) is 0 Å². The fraction of sp³-hybridized carbons (Fsp3) is 0.300. The molecule has 0 bridgehead atoms. The van der Waals surface area contributed by atoms with Crippen molar-refractivity contribution in [2.24, 2.45) is 0 Å². The van der Waals surface area contributed by atoms with Crippen molar-refractivity contribution in [3.63, 3.8) is 0 Å². The van der Waals surface area contributed by atoms with Crippen LogP contribution in [-0.2, 0) is 15.0 Å². The predicted octanol–water partition coefficient (Wildman–Crippen LogP) is 3.54. The fourth-order valence-corrected chi connectivity index (χ4v) is 2.25. The molecule has 0 aliphatic rings. The van der Waals surface area contributed by atoms with Gasteiger partial charge in [-0.2, -0.15) is 0 Å². The number of ether oxygens (including phenoxy) is 1. The molecule has 2 aromatic carbocycles. The molecule has 8 heteroatoms. The van der Waals surface area contributed by atoms with Crippen molar-refractivity contribution in [1.29, 1.82) is 0 Å². The molecule has 0 radical (unpaired) electrons. The molecule has 0 saturated carbocycles. The van der Waals surface area contributed by atoms with Crippen LogP contribution in [0, 0.1) is 17.5 Å². The quantitative estimate of drug-likeness (QED) is 0.737. The first kappa shape index (κ1) is 21.3. The number of carbonyl (C=O) groups is 2. The molecule has 2 N–H and O–H groups in total. The Kier molecular flexibility index (Phi) is 6.66. The smallest absolute Gasteiger partial charge is 0.258 e. The van der Waals surface area contributed by atoms with Crippen molar-refractivity contribution in [2.75, 3.05) is 18.5 Å². The molecule has 0 unspecified atom stereocenters. The lowest BCUT2D eigenvalue weighted by Gasteiger charge is -2.19. The number of rotatable bonds is 6. The van der Waals surface area contributed by atoms with E-state index in [1.165, 1.54) is 0 Å². The Labute approximate surface area is 160 Å². The Hall–Kier alpha value is -3.03. The van der Waals surface area contributed by atoms with Crippen molar-refractivity contribution < 1.29 is 27.5 Å². The molecule has 2 rings (SSSR count). The number of benzene rings is 2. The van der Waals surface area contributed by atoms with Gasteiger partial charge in [0.25, 0.3) is 5.91 Å². The molecule has 0 aliphatic heterocycles. The lowest BCUT2D eigenvalue weighted by molar-refractivity contribution is -0.125. The molecule has 2 aromatic rings. The maximum Gasteiger partial charge on any atom is 0.258 e. The van der Waals surface area contributed by atoms with Crippen LogP contribution < -0.4 is 15.4 Å². The molecule has 0 atom stereocenters. The lowest BCUT2D eigenvalue weighted by Crippen LogP contribution is -2.36. The Bertz CT molecular complexity index is 862. The first-order valence-corrected chi connectivity index (χ1v) is 8.51. The van der Waals surface area contributed by atoms with E-state index in [-0.39, 0.29) is 12.0 Å². The van der Waals surface area contributed by atoms with Crippen LogP contribution in [0.5, 0.6) is 5.75 Å². The summed E-state index contributed by atoms with van der Waals surface area (Å²) in [5.74, 6) is -5.43. The van der Waals surface area contributed by atoms with E-state index in [9.17, 15) is 22.8 Å². The van der Waals surface area contributed by atoms with Crippen molar-refractivity contribution in [3.8, 4) is 5.75 Å². The average Bonchev–Trinajstić information content (AvgIpc) is 2.65. The predicted molar refractivity (Wildman–Crippen MR) is 98.6 cm³/mol. The van der Waals surface area contributed by atoms with Crippen molar-refractivity contribution >= 4 is 17.5 Å². The van der Waals surface area contributed by atoms with Gasteiger partial charge in [-0.1, -0.05) is 32.9 Å². The van der Waals surface area contributed by atoms with E-state index in [1.54, 1.807) is 12.1 Å². The van der Waals surface area contributed by atoms with E-state index >= 15 is 0 Å². The third-order valence-corrected chi connectivity index (χ3v) is 3.85. The first-order chi connectivity index (χ1) is 13.1. The standard InChI is InChI=1S/C20H21F3N2O3/c1-20(2,3)12-4-6-13(7-5-12)28-11-17(27)24-10-16(26)25-15-9-8-14(21)18(22)19(15)23/h4-9H,10-11H2,1-3H3,(H,24,27)(H,25,26). The van der Waals surface area contributed by atoms with Crippen LogP contribution in [0.4, 0.5) is 18.9 Å². The van der Waals surface area contributed by atoms with Gasteiger partial charge >= 0.3 is 0 Å². The van der Waals surface area contributed by atoms with Gasteiger partial charge in [0.15, 0.2) is 24.1 Å². The minimum atomic E-state index is -1.69. The molecule has 0 saturated heterocycles. The zero-order valence-electron chi connectivity index (χ0n) is 15.7. The zero-order chi connectivity index (χ0) is 20.9. The van der Waals surface area contributed by atoms with Crippen molar-refractivity contribution in [3.05, 3.63) is 59.4 Å². The number of amides is 2. The van der Waals surface area contributed by atoms with Gasteiger partial charge in [-0.05, 0) is 35.2 Å². The number of hydrogen-bond donors (Lipinski definition) is 2. The first-order valence-electron chi connectivity index (χ1n) is 8.51. The maximum atomic E-state index is 13.5. The summed E-state index contributed by atoms with van der Waals surface area (Å²) >= 11 is 0. The highest BCUT2D eigenvalue weighted by Crippen LogP contribution is 2.24. The molecule has 0 aromatic heterocycles. The fourth-order valence-electron chi connectivity index (χ4n) is 2.25. The Morgan fingerprint density at radius 3 is 2.18 bits per heavy atom. The lowest BCUT2D eigenvalue weighted by atomic mass is 9.87. The number of hydrogen-bond acceptors (Lipinski definition) is 3. The SMILES string of the molecule is CC(C)(C)c1ccc(OCC(=O)NCC(=O)Nc2ccc(F)c(F)c2F)cc1. The van der Waals surface area contributed by atoms with E-state index in [1.807, 2.05) is 12.1 Å². The van der Waals surface area contributed by atoms with Gasteiger partial charge in [-0.25, -0.2) is 13.2 Å². The zero-order valence-corrected chi connectivity index (χ0v) is 15.7. The van der Waals surface area contributed by atoms with Gasteiger partial charge in [-0.3, -0.25) is 9.59 Å². The second-order valence-corrected chi connectivity index (χ2v) is 7.11. The molecule has 0 aliphatic carbocycles. The van der Waals surface area contributed by atoms with Crippen LogP contribution in [-0.4, -0.2) is 25.0 Å². The van der Waals surface area contributed by atoms with E-state index in [2.05, 4.69) is 31.4 Å². The summed E-state index contributed by atoms with van der Waals surface area (Å²) in [7, 11) is 0. The molecule has 0 spiro atoms. The second kappa shape index (κ2) is 8.77. The summed E-state index contributed by atoms with van der Waals surface area (Å²) < 4.78 is 44.8. The van der Waals surface area contributed by atoms with Gasteiger partial charge in [0, 0.05) is 0 Å². The van der Waals surface area contributed by atoms with Crippen LogP contribution in [0.15, 0.2) is 36.4 Å². The van der Waals surface area contributed by atoms with E-state index in [0.29, 0.717) is 11.8 Å². The van der Waals surface area contributed by atoms with Gasteiger partial charge in [0.2, 0.25) is 5.91 Å². The third-order valence-electron chi connectivity index (χ3n) is 3.85. The highest BCUT2D eigenvalue weighted by Gasteiger charge is 2.16. The molecule has 0 heterocycles. The number of nitrogens with one attached hydrogen (secondary N) is 2. The Balaban J connectivity index is 1.79.